The molecule has 2 aromatic carbocycles. The lowest BCUT2D eigenvalue weighted by molar-refractivity contribution is -0.132. The van der Waals surface area contributed by atoms with Gasteiger partial charge in [0.2, 0.25) is 17.7 Å². The van der Waals surface area contributed by atoms with E-state index >= 15 is 0 Å². The minimum atomic E-state index is -1.13. The Morgan fingerprint density at radius 2 is 1.47 bits per heavy atom. The molecule has 6 amide bonds. The number of nitrogens with zero attached hydrogens (tertiary/aromatic N) is 2. The van der Waals surface area contributed by atoms with Gasteiger partial charge in [-0.05, 0) is 91.6 Å². The Kier molecular flexibility index (Phi) is 16.0. The van der Waals surface area contributed by atoms with Gasteiger partial charge in [0.15, 0.2) is 5.96 Å². The van der Waals surface area contributed by atoms with Crippen LogP contribution in [0, 0.1) is 5.41 Å². The number of guanidine groups is 1. The summed E-state index contributed by atoms with van der Waals surface area (Å²) in [5.74, 6) is -3.09. The number of amides is 6. The van der Waals surface area contributed by atoms with E-state index < -0.39 is 41.8 Å². The smallest absolute Gasteiger partial charge is 0.293 e. The number of hydrogen-bond acceptors (Lipinski definition) is 9. The average Bonchev–Trinajstić information content (AvgIpc) is 3.37. The van der Waals surface area contributed by atoms with Crippen LogP contribution in [-0.4, -0.2) is 77.4 Å². The fourth-order valence-corrected chi connectivity index (χ4v) is 6.14. The molecular weight excluding hydrogens is 699 g/mol. The maximum Gasteiger partial charge on any atom is 0.293 e. The Balaban J connectivity index is 1.76. The maximum atomic E-state index is 13.7. The molecule has 0 bridgehead atoms. The number of nitrogens with two attached hydrogens (primary N) is 4. The normalized spacial score (nSPS) is 15.4. The molecule has 1 heterocycles. The molecule has 0 aromatic heterocycles. The number of carbonyl (C=O) groups is 6. The van der Waals surface area contributed by atoms with Gasteiger partial charge < -0.3 is 38.9 Å². The molecule has 0 radical (unpaired) electrons. The predicted molar refractivity (Wildman–Crippen MR) is 206 cm³/mol. The second kappa shape index (κ2) is 20.1. The molecule has 0 saturated carbocycles. The number of thioether (sulfide) groups is 1. The first-order valence-electron chi connectivity index (χ1n) is 17.5. The standard InChI is InChI=1S/C37H51N9O6S/c1-37(2,3)18-21-46-34(51)28(53-36(46)52)22-23-14-16-25(17-15-23)31(48)43-27(13-9-20-42-35(40)41)32(49)44-26(12-7-8-19-38)33(50)45-29(30(39)47)24-10-5-4-6-11-24/h4-6,10-11,14-17,22,26-27,29H,7-9,12-13,18-21,38H2,1-3H3,(H2,39,47)(H,43,48)(H,44,49)(H,45,50)(H4,40,41,42)/b28-22-/t26-,27-,29-/m0/s1. The molecular formula is C37H51N9O6S. The van der Waals surface area contributed by atoms with Crippen molar-refractivity contribution in [1.82, 2.24) is 20.9 Å². The van der Waals surface area contributed by atoms with Gasteiger partial charge in [-0.2, -0.15) is 0 Å². The lowest BCUT2D eigenvalue weighted by atomic mass is 9.92. The van der Waals surface area contributed by atoms with Crippen molar-refractivity contribution in [2.24, 2.45) is 33.3 Å². The van der Waals surface area contributed by atoms with Gasteiger partial charge in [0, 0.05) is 18.7 Å². The molecule has 0 aliphatic carbocycles. The Morgan fingerprint density at radius 3 is 2.08 bits per heavy atom. The molecule has 3 atom stereocenters. The van der Waals surface area contributed by atoms with Crippen LogP contribution in [0.15, 0.2) is 64.5 Å². The summed E-state index contributed by atoms with van der Waals surface area (Å²) in [5, 5.41) is 7.80. The number of benzene rings is 2. The largest absolute Gasteiger partial charge is 0.370 e. The van der Waals surface area contributed by atoms with E-state index in [9.17, 15) is 28.8 Å². The number of primary amides is 1. The third kappa shape index (κ3) is 13.7. The first-order valence-corrected chi connectivity index (χ1v) is 18.3. The van der Waals surface area contributed by atoms with Gasteiger partial charge in [-0.25, -0.2) is 0 Å². The van der Waals surface area contributed by atoms with Gasteiger partial charge in [0.1, 0.15) is 18.1 Å². The Bertz CT molecular complexity index is 1670. The molecule has 1 saturated heterocycles. The molecule has 15 nitrogen and oxygen atoms in total. The SMILES string of the molecule is CC(C)(C)CCN1C(=O)S/C(=C\c2ccc(C(=O)N[C@@H](CCCN=C(N)N)C(=O)N[C@@H](CCCCN)C(=O)N[C@H](C(N)=O)c3ccccc3)cc2)C1=O. The van der Waals surface area contributed by atoms with E-state index in [2.05, 4.69) is 20.9 Å². The molecule has 1 fully saturated rings. The van der Waals surface area contributed by atoms with Crippen LogP contribution in [0.1, 0.15) is 86.8 Å². The van der Waals surface area contributed by atoms with Crippen molar-refractivity contribution in [2.75, 3.05) is 19.6 Å². The minimum absolute atomic E-state index is 0.0424. The van der Waals surface area contributed by atoms with Gasteiger partial charge >= 0.3 is 0 Å². The molecule has 0 unspecified atom stereocenters. The fourth-order valence-electron chi connectivity index (χ4n) is 5.28. The van der Waals surface area contributed by atoms with Gasteiger partial charge in [0.25, 0.3) is 17.1 Å². The second-order valence-corrected chi connectivity index (χ2v) is 14.8. The van der Waals surface area contributed by atoms with Crippen LogP contribution in [0.4, 0.5) is 4.79 Å². The topological polar surface area (TPSA) is 258 Å². The van der Waals surface area contributed by atoms with E-state index in [1.54, 1.807) is 48.5 Å². The highest BCUT2D eigenvalue weighted by molar-refractivity contribution is 8.18. The van der Waals surface area contributed by atoms with Crippen molar-refractivity contribution in [3.05, 3.63) is 76.2 Å². The lowest BCUT2D eigenvalue weighted by Gasteiger charge is -2.25. The van der Waals surface area contributed by atoms with Crippen LogP contribution >= 0.6 is 11.8 Å². The summed E-state index contributed by atoms with van der Waals surface area (Å²) >= 11 is 0.869. The van der Waals surface area contributed by atoms with Gasteiger partial charge in [-0.15, -0.1) is 0 Å². The van der Waals surface area contributed by atoms with Crippen molar-refractivity contribution in [3.63, 3.8) is 0 Å². The molecule has 286 valence electrons. The number of nitrogens with one attached hydrogen (secondary N) is 3. The fraction of sp³-hybridized carbons (Fsp3) is 0.432. The maximum absolute atomic E-state index is 13.7. The van der Waals surface area contributed by atoms with E-state index in [4.69, 9.17) is 22.9 Å². The van der Waals surface area contributed by atoms with Gasteiger partial charge in [0.05, 0.1) is 4.91 Å². The van der Waals surface area contributed by atoms with E-state index in [0.29, 0.717) is 49.9 Å². The Labute approximate surface area is 314 Å². The molecule has 3 rings (SSSR count). The molecule has 53 heavy (non-hydrogen) atoms. The second-order valence-electron chi connectivity index (χ2n) is 13.8. The Morgan fingerprint density at radius 1 is 0.849 bits per heavy atom. The van der Waals surface area contributed by atoms with Crippen LogP contribution in [0.2, 0.25) is 0 Å². The number of imide groups is 1. The molecule has 16 heteroatoms. The highest BCUT2D eigenvalue weighted by Gasteiger charge is 2.35. The van der Waals surface area contributed by atoms with Crippen molar-refractivity contribution < 1.29 is 28.8 Å². The molecule has 11 N–H and O–H groups in total. The number of hydrogen-bond donors (Lipinski definition) is 7. The van der Waals surface area contributed by atoms with E-state index in [-0.39, 0.29) is 52.4 Å². The summed E-state index contributed by atoms with van der Waals surface area (Å²) in [5.41, 5.74) is 23.4. The predicted octanol–water partition coefficient (Wildman–Crippen LogP) is 2.27. The molecule has 2 aromatic rings. The van der Waals surface area contributed by atoms with E-state index in [0.717, 1.165) is 11.8 Å². The van der Waals surface area contributed by atoms with E-state index in [1.165, 1.54) is 17.0 Å². The summed E-state index contributed by atoms with van der Waals surface area (Å²) in [6.45, 7) is 7.01. The number of rotatable bonds is 19. The van der Waals surface area contributed by atoms with Crippen molar-refractivity contribution in [1.29, 1.82) is 0 Å². The monoisotopic (exact) mass is 749 g/mol. The quantitative estimate of drug-likeness (QED) is 0.0477. The summed E-state index contributed by atoms with van der Waals surface area (Å²) < 4.78 is 0. The lowest BCUT2D eigenvalue weighted by Crippen LogP contribution is -2.54. The zero-order valence-electron chi connectivity index (χ0n) is 30.4. The first kappa shape index (κ1) is 42.2. The third-order valence-electron chi connectivity index (χ3n) is 8.28. The summed E-state index contributed by atoms with van der Waals surface area (Å²) in [6.07, 6.45) is 4.01. The zero-order valence-corrected chi connectivity index (χ0v) is 31.2. The van der Waals surface area contributed by atoms with Crippen LogP contribution in [0.5, 0.6) is 0 Å². The highest BCUT2D eigenvalue weighted by Crippen LogP contribution is 2.33. The molecule has 0 spiro atoms. The minimum Gasteiger partial charge on any atom is -0.370 e. The van der Waals surface area contributed by atoms with Crippen LogP contribution in [0.3, 0.4) is 0 Å². The van der Waals surface area contributed by atoms with Gasteiger partial charge in [-0.3, -0.25) is 38.7 Å². The highest BCUT2D eigenvalue weighted by atomic mass is 32.2. The average molecular weight is 750 g/mol. The zero-order chi connectivity index (χ0) is 39.1. The molecule has 1 aliphatic rings. The third-order valence-corrected chi connectivity index (χ3v) is 9.19. The number of aliphatic imine (C=N–C) groups is 1. The van der Waals surface area contributed by atoms with Crippen molar-refractivity contribution in [3.8, 4) is 0 Å². The number of carbonyl (C=O) groups excluding carboxylic acids is 6. The summed E-state index contributed by atoms with van der Waals surface area (Å²) in [4.78, 5) is 83.9. The Hall–Kier alpha value is -5.22. The van der Waals surface area contributed by atoms with Gasteiger partial charge in [-0.1, -0.05) is 63.2 Å². The van der Waals surface area contributed by atoms with Crippen molar-refractivity contribution in [2.45, 2.75) is 77.4 Å². The van der Waals surface area contributed by atoms with Crippen LogP contribution in [0.25, 0.3) is 6.08 Å². The summed E-state index contributed by atoms with van der Waals surface area (Å²) in [7, 11) is 0. The van der Waals surface area contributed by atoms with Crippen LogP contribution in [-0.2, 0) is 19.2 Å². The number of unbranched alkanes of at least 4 members (excludes halogenated alkanes) is 1. The molecule has 1 aliphatic heterocycles. The first-order chi connectivity index (χ1) is 25.1. The van der Waals surface area contributed by atoms with E-state index in [1.807, 2.05) is 20.8 Å². The van der Waals surface area contributed by atoms with Crippen molar-refractivity contribution >= 4 is 58.6 Å². The summed E-state index contributed by atoms with van der Waals surface area (Å²) in [6, 6.07) is 11.5. The van der Waals surface area contributed by atoms with Crippen LogP contribution < -0.4 is 38.9 Å².